The zero-order chi connectivity index (χ0) is 14.1. The van der Waals surface area contributed by atoms with Crippen LogP contribution in [0.1, 0.15) is 25.8 Å². The van der Waals surface area contributed by atoms with E-state index in [4.69, 9.17) is 12.2 Å². The maximum absolute atomic E-state index is 12.2. The zero-order valence-corrected chi connectivity index (χ0v) is 11.9. The van der Waals surface area contributed by atoms with Crippen LogP contribution in [0.25, 0.3) is 11.4 Å². The summed E-state index contributed by atoms with van der Waals surface area (Å²) in [7, 11) is 0. The summed E-state index contributed by atoms with van der Waals surface area (Å²) in [5, 5.41) is 9.94. The summed E-state index contributed by atoms with van der Waals surface area (Å²) in [5.41, 5.74) is 0.825. The summed E-state index contributed by atoms with van der Waals surface area (Å²) >= 11 is 5.24. The third-order valence-corrected chi connectivity index (χ3v) is 3.60. The Balaban J connectivity index is 1.94. The van der Waals surface area contributed by atoms with E-state index in [1.165, 1.54) is 0 Å². The van der Waals surface area contributed by atoms with E-state index in [1.807, 2.05) is 19.1 Å². The van der Waals surface area contributed by atoms with Gasteiger partial charge in [0.2, 0.25) is 5.91 Å². The van der Waals surface area contributed by atoms with E-state index in [2.05, 4.69) is 20.5 Å². The first kappa shape index (κ1) is 13.0. The van der Waals surface area contributed by atoms with Crippen LogP contribution in [0.4, 0.5) is 0 Å². The number of rotatable bonds is 4. The van der Waals surface area contributed by atoms with Gasteiger partial charge in [0.15, 0.2) is 10.6 Å². The fourth-order valence-corrected chi connectivity index (χ4v) is 2.32. The molecule has 2 heterocycles. The van der Waals surface area contributed by atoms with Gasteiger partial charge in [-0.25, -0.2) is 0 Å². The number of carbonyl (C=O) groups excluding carboxylic acids is 1. The molecule has 1 atom stereocenters. The number of aromatic amines is 1. The van der Waals surface area contributed by atoms with Crippen LogP contribution in [-0.4, -0.2) is 31.7 Å². The van der Waals surface area contributed by atoms with Crippen LogP contribution in [0.3, 0.4) is 0 Å². The fourth-order valence-electron chi connectivity index (χ4n) is 2.03. The molecule has 3 rings (SSSR count). The SMILES string of the molecule is CC(C(=O)NC1CC1)n1c(-c2cccnc2)n[nH]c1=S. The summed E-state index contributed by atoms with van der Waals surface area (Å²) in [6.45, 7) is 1.82. The molecule has 0 radical (unpaired) electrons. The van der Waals surface area contributed by atoms with Gasteiger partial charge in [-0.05, 0) is 44.1 Å². The molecule has 1 unspecified atom stereocenters. The Hall–Kier alpha value is -2.02. The summed E-state index contributed by atoms with van der Waals surface area (Å²) < 4.78 is 2.16. The third-order valence-electron chi connectivity index (χ3n) is 3.31. The van der Waals surface area contributed by atoms with E-state index < -0.39 is 6.04 Å². The fraction of sp³-hybridized carbons (Fsp3) is 0.385. The molecule has 1 amide bonds. The van der Waals surface area contributed by atoms with Crippen molar-refractivity contribution in [3.05, 3.63) is 29.3 Å². The first-order chi connectivity index (χ1) is 9.66. The standard InChI is InChI=1S/C13H15N5OS/c1-8(12(19)15-10-4-5-10)18-11(16-17-13(18)20)9-3-2-6-14-7-9/h2-3,6-8,10H,4-5H2,1H3,(H,15,19)(H,17,20). The average molecular weight is 289 g/mol. The van der Waals surface area contributed by atoms with Crippen molar-refractivity contribution in [3.63, 3.8) is 0 Å². The topological polar surface area (TPSA) is 75.6 Å². The molecule has 0 bridgehead atoms. The maximum atomic E-state index is 12.2. The smallest absolute Gasteiger partial charge is 0.243 e. The second-order valence-electron chi connectivity index (χ2n) is 4.92. The van der Waals surface area contributed by atoms with Gasteiger partial charge in [-0.15, -0.1) is 0 Å². The van der Waals surface area contributed by atoms with Crippen molar-refractivity contribution < 1.29 is 4.79 Å². The molecule has 0 saturated heterocycles. The van der Waals surface area contributed by atoms with Gasteiger partial charge in [0.1, 0.15) is 6.04 Å². The Morgan fingerprint density at radius 3 is 3.05 bits per heavy atom. The number of amides is 1. The highest BCUT2D eigenvalue weighted by Gasteiger charge is 2.27. The number of nitrogens with zero attached hydrogens (tertiary/aromatic N) is 3. The van der Waals surface area contributed by atoms with Crippen LogP contribution in [0.2, 0.25) is 0 Å². The summed E-state index contributed by atoms with van der Waals surface area (Å²) in [5.74, 6) is 0.594. The predicted octanol–water partition coefficient (Wildman–Crippen LogP) is 1.84. The second-order valence-corrected chi connectivity index (χ2v) is 5.31. The van der Waals surface area contributed by atoms with Crippen LogP contribution in [0, 0.1) is 4.77 Å². The van der Waals surface area contributed by atoms with Crippen LogP contribution < -0.4 is 5.32 Å². The second kappa shape index (κ2) is 5.16. The summed E-state index contributed by atoms with van der Waals surface area (Å²) in [6.07, 6.45) is 5.51. The molecular weight excluding hydrogens is 274 g/mol. The van der Waals surface area contributed by atoms with Gasteiger partial charge in [0.05, 0.1) is 0 Å². The molecule has 7 heteroatoms. The molecule has 1 aliphatic rings. The molecule has 0 aromatic carbocycles. The molecule has 6 nitrogen and oxygen atoms in total. The van der Waals surface area contributed by atoms with Crippen molar-refractivity contribution in [2.24, 2.45) is 0 Å². The molecule has 1 saturated carbocycles. The molecule has 2 aromatic heterocycles. The van der Waals surface area contributed by atoms with E-state index in [9.17, 15) is 4.79 Å². The molecule has 2 N–H and O–H groups in total. The largest absolute Gasteiger partial charge is 0.352 e. The monoisotopic (exact) mass is 289 g/mol. The Bertz CT molecular complexity index is 674. The van der Waals surface area contributed by atoms with Crippen LogP contribution in [0.15, 0.2) is 24.5 Å². The number of nitrogens with one attached hydrogen (secondary N) is 2. The lowest BCUT2D eigenvalue weighted by molar-refractivity contribution is -0.124. The Kier molecular flexibility index (Phi) is 3.35. The molecule has 20 heavy (non-hydrogen) atoms. The molecule has 104 valence electrons. The number of aromatic nitrogens is 4. The molecule has 1 aliphatic carbocycles. The van der Waals surface area contributed by atoms with Gasteiger partial charge in [-0.2, -0.15) is 5.10 Å². The molecule has 0 spiro atoms. The summed E-state index contributed by atoms with van der Waals surface area (Å²) in [4.78, 5) is 16.3. The van der Waals surface area contributed by atoms with E-state index >= 15 is 0 Å². The third kappa shape index (κ3) is 2.49. The van der Waals surface area contributed by atoms with Crippen LogP contribution >= 0.6 is 12.2 Å². The van der Waals surface area contributed by atoms with E-state index in [0.29, 0.717) is 16.6 Å². The minimum Gasteiger partial charge on any atom is -0.352 e. The van der Waals surface area contributed by atoms with Crippen LogP contribution in [-0.2, 0) is 4.79 Å². The lowest BCUT2D eigenvalue weighted by Gasteiger charge is -2.15. The van der Waals surface area contributed by atoms with Crippen molar-refractivity contribution in [2.75, 3.05) is 0 Å². The quantitative estimate of drug-likeness (QED) is 0.842. The highest BCUT2D eigenvalue weighted by Crippen LogP contribution is 2.23. The van der Waals surface area contributed by atoms with Gasteiger partial charge < -0.3 is 5.32 Å². The van der Waals surface area contributed by atoms with Gasteiger partial charge in [0, 0.05) is 24.0 Å². The number of hydrogen-bond donors (Lipinski definition) is 2. The van der Waals surface area contributed by atoms with Crippen molar-refractivity contribution in [3.8, 4) is 11.4 Å². The molecule has 2 aromatic rings. The van der Waals surface area contributed by atoms with E-state index in [0.717, 1.165) is 18.4 Å². The molecule has 0 aliphatic heterocycles. The maximum Gasteiger partial charge on any atom is 0.243 e. The number of hydrogen-bond acceptors (Lipinski definition) is 4. The average Bonchev–Trinajstić information content (AvgIpc) is 3.19. The van der Waals surface area contributed by atoms with E-state index in [1.54, 1.807) is 17.0 Å². The summed E-state index contributed by atoms with van der Waals surface area (Å²) in [6, 6.07) is 3.64. The first-order valence-electron chi connectivity index (χ1n) is 6.54. The van der Waals surface area contributed by atoms with Crippen molar-refractivity contribution in [2.45, 2.75) is 31.8 Å². The van der Waals surface area contributed by atoms with Crippen molar-refractivity contribution in [1.82, 2.24) is 25.1 Å². The van der Waals surface area contributed by atoms with Gasteiger partial charge in [-0.3, -0.25) is 19.4 Å². The minimum absolute atomic E-state index is 0.0323. The van der Waals surface area contributed by atoms with Gasteiger partial charge in [0.25, 0.3) is 0 Å². The first-order valence-corrected chi connectivity index (χ1v) is 6.95. The Morgan fingerprint density at radius 1 is 1.60 bits per heavy atom. The Morgan fingerprint density at radius 2 is 2.40 bits per heavy atom. The number of carbonyl (C=O) groups is 1. The van der Waals surface area contributed by atoms with E-state index in [-0.39, 0.29) is 5.91 Å². The van der Waals surface area contributed by atoms with Gasteiger partial charge in [-0.1, -0.05) is 0 Å². The lowest BCUT2D eigenvalue weighted by Crippen LogP contribution is -2.32. The minimum atomic E-state index is -0.406. The zero-order valence-electron chi connectivity index (χ0n) is 11.0. The van der Waals surface area contributed by atoms with Crippen LogP contribution in [0.5, 0.6) is 0 Å². The number of pyridine rings is 1. The highest BCUT2D eigenvalue weighted by molar-refractivity contribution is 7.71. The number of H-pyrrole nitrogens is 1. The predicted molar refractivity (Wildman–Crippen MR) is 76.5 cm³/mol. The molecule has 1 fully saturated rings. The normalized spacial score (nSPS) is 15.8. The van der Waals surface area contributed by atoms with Crippen molar-refractivity contribution in [1.29, 1.82) is 0 Å². The highest BCUT2D eigenvalue weighted by atomic mass is 32.1. The van der Waals surface area contributed by atoms with Crippen molar-refractivity contribution >= 4 is 18.1 Å². The Labute approximate surface area is 121 Å². The van der Waals surface area contributed by atoms with Gasteiger partial charge >= 0.3 is 0 Å². The molecular formula is C13H15N5OS. The lowest BCUT2D eigenvalue weighted by atomic mass is 10.2.